The highest BCUT2D eigenvalue weighted by Gasteiger charge is 2.46. The molecule has 5 N–H and O–H groups in total. The molecule has 0 radical (unpaired) electrons. The van der Waals surface area contributed by atoms with Crippen LogP contribution in [-0.2, 0) is 50.6 Å². The van der Waals surface area contributed by atoms with E-state index in [1.807, 2.05) is 12.1 Å². The zero-order valence-electron chi connectivity index (χ0n) is 28.8. The number of fused-ring (bicyclic) bond motifs is 4. The van der Waals surface area contributed by atoms with Crippen LogP contribution in [0.3, 0.4) is 0 Å². The molecule has 0 bridgehead atoms. The molecule has 6 heterocycles. The van der Waals surface area contributed by atoms with Gasteiger partial charge in [-0.1, -0.05) is 6.07 Å². The lowest BCUT2D eigenvalue weighted by atomic mass is 9.82. The molecule has 14 nitrogen and oxygen atoms in total. The number of sulfonamides is 1. The molecule has 0 amide bonds. The molecule has 1 unspecified atom stereocenters. The molecule has 9 rings (SSSR count). The molecule has 0 aliphatic carbocycles. The van der Waals surface area contributed by atoms with E-state index in [9.17, 15) is 41.8 Å². The standard InChI is InChI=1S/C37H41N3O11S2/c41-18-27-33(42)34(43)30(37(44)50-27)38-52(45,46)21-9-10-22(28(17-21)53(47,48)49)29-25-15-19-5-1-11-39-13-3-7-23(31(19)39)35(25)51-36-24-8-4-14-40-12-2-6-20(32(24)40)16-26(29)36/h9-10,15-17,27,30,33-34,37-38,41-44H,1-8,11-14,18H2/t27-,30-,33-,34-,37?/m1/s1. The van der Waals surface area contributed by atoms with E-state index in [-0.39, 0.29) is 5.56 Å². The second-order valence-electron chi connectivity index (χ2n) is 14.8. The molecule has 5 atom stereocenters. The van der Waals surface area contributed by atoms with Crippen LogP contribution in [0.25, 0.3) is 5.57 Å². The van der Waals surface area contributed by atoms with Crippen LogP contribution in [0, 0.1) is 0 Å². The van der Waals surface area contributed by atoms with Gasteiger partial charge in [-0.3, -0.25) is 0 Å². The maximum absolute atomic E-state index is 13.7. The summed E-state index contributed by atoms with van der Waals surface area (Å²) >= 11 is 0. The summed E-state index contributed by atoms with van der Waals surface area (Å²) in [5.74, 6) is 1.27. The van der Waals surface area contributed by atoms with Crippen molar-refractivity contribution < 1.29 is 51.3 Å². The number of aliphatic hydroxyl groups is 4. The van der Waals surface area contributed by atoms with Gasteiger partial charge in [0, 0.05) is 64.7 Å². The maximum atomic E-state index is 13.7. The van der Waals surface area contributed by atoms with E-state index in [4.69, 9.17) is 9.47 Å². The van der Waals surface area contributed by atoms with Gasteiger partial charge in [0.1, 0.15) is 59.1 Å². The van der Waals surface area contributed by atoms with Crippen molar-refractivity contribution in [3.63, 3.8) is 0 Å². The first-order chi connectivity index (χ1) is 25.4. The van der Waals surface area contributed by atoms with E-state index in [0.29, 0.717) is 27.9 Å². The molecule has 16 heteroatoms. The molecule has 282 valence electrons. The van der Waals surface area contributed by atoms with Crippen molar-refractivity contribution in [2.45, 2.75) is 91.8 Å². The number of nitrogens with one attached hydrogen (secondary N) is 1. The van der Waals surface area contributed by atoms with E-state index in [1.54, 1.807) is 0 Å². The first-order valence-electron chi connectivity index (χ1n) is 18.2. The summed E-state index contributed by atoms with van der Waals surface area (Å²) < 4.78 is 83.7. The Morgan fingerprint density at radius 3 is 2.32 bits per heavy atom. The van der Waals surface area contributed by atoms with E-state index in [1.165, 1.54) is 12.1 Å². The lowest BCUT2D eigenvalue weighted by Crippen LogP contribution is -2.64. The fraction of sp³-hybridized carbons (Fsp3) is 0.486. The van der Waals surface area contributed by atoms with Crippen LogP contribution in [-0.4, -0.2) is 105 Å². The molecule has 0 aromatic heterocycles. The smallest absolute Gasteiger partial charge is 0.241 e. The first-order valence-corrected chi connectivity index (χ1v) is 21.1. The zero-order chi connectivity index (χ0) is 37.0. The first kappa shape index (κ1) is 35.3. The normalized spacial score (nSPS) is 26.3. The topological polar surface area (TPSA) is 209 Å². The minimum absolute atomic E-state index is 0.0401. The molecular weight excluding hydrogens is 727 g/mol. The summed E-state index contributed by atoms with van der Waals surface area (Å²) in [6, 6.07) is 5.61. The van der Waals surface area contributed by atoms with Gasteiger partial charge in [-0.05, 0) is 68.4 Å². The van der Waals surface area contributed by atoms with E-state index in [2.05, 4.69) is 14.2 Å². The number of aliphatic hydroxyl groups excluding tert-OH is 4. The van der Waals surface area contributed by atoms with Gasteiger partial charge in [-0.2, -0.15) is 0 Å². The van der Waals surface area contributed by atoms with Gasteiger partial charge < -0.3 is 39.4 Å². The van der Waals surface area contributed by atoms with E-state index >= 15 is 0 Å². The van der Waals surface area contributed by atoms with Crippen molar-refractivity contribution in [3.8, 4) is 11.5 Å². The SMILES string of the molecule is O=S(=O)([O-])c1cc(S(=O)(=O)N[C@H]2C(O)O[C@H](CO)[C@@H](O)[C@@H]2O)ccc1C1=c2cc3c4c(c2Oc2c1cc1c5c2CCCN5CCC1)CCC[N+]=4CCC3. The van der Waals surface area contributed by atoms with Crippen molar-refractivity contribution in [3.05, 3.63) is 74.3 Å². The lowest BCUT2D eigenvalue weighted by Gasteiger charge is -2.40. The van der Waals surface area contributed by atoms with Gasteiger partial charge in [0.05, 0.1) is 22.0 Å². The molecule has 0 spiro atoms. The van der Waals surface area contributed by atoms with Crippen molar-refractivity contribution in [1.82, 2.24) is 9.30 Å². The van der Waals surface area contributed by atoms with Crippen molar-refractivity contribution in [1.29, 1.82) is 0 Å². The second-order valence-corrected chi connectivity index (χ2v) is 17.9. The highest BCUT2D eigenvalue weighted by Crippen LogP contribution is 2.49. The van der Waals surface area contributed by atoms with Crippen LogP contribution in [0.2, 0.25) is 0 Å². The van der Waals surface area contributed by atoms with Gasteiger partial charge in [-0.25, -0.2) is 26.1 Å². The van der Waals surface area contributed by atoms with E-state index in [0.717, 1.165) is 117 Å². The number of nitrogens with zero attached hydrogens (tertiary/aromatic N) is 2. The molecule has 53 heavy (non-hydrogen) atoms. The number of hydrogen-bond donors (Lipinski definition) is 5. The number of ether oxygens (including phenoxy) is 2. The fourth-order valence-corrected chi connectivity index (χ4v) is 11.4. The van der Waals surface area contributed by atoms with Gasteiger partial charge in [0.15, 0.2) is 6.29 Å². The molecule has 1 fully saturated rings. The Bertz CT molecular complexity index is 2410. The van der Waals surface area contributed by atoms with Crippen LogP contribution in [0.4, 0.5) is 5.69 Å². The summed E-state index contributed by atoms with van der Waals surface area (Å²) in [6.07, 6.45) is -0.0208. The Hall–Kier alpha value is -3.45. The van der Waals surface area contributed by atoms with Crippen molar-refractivity contribution in [2.24, 2.45) is 0 Å². The summed E-state index contributed by atoms with van der Waals surface area (Å²) in [6.45, 7) is 2.99. The number of rotatable bonds is 6. The van der Waals surface area contributed by atoms with Crippen LogP contribution in [0.15, 0.2) is 40.1 Å². The minimum atomic E-state index is -5.32. The molecule has 3 aromatic carbocycles. The Morgan fingerprint density at radius 2 is 1.57 bits per heavy atom. The number of hydrogen-bond acceptors (Lipinski definition) is 12. The molecule has 0 saturated carbocycles. The molecule has 6 aliphatic rings. The summed E-state index contributed by atoms with van der Waals surface area (Å²) in [5.41, 5.74) is 6.68. The van der Waals surface area contributed by atoms with E-state index < -0.39 is 67.2 Å². The third kappa shape index (κ3) is 5.64. The van der Waals surface area contributed by atoms with Crippen molar-refractivity contribution >= 4 is 31.4 Å². The fourth-order valence-electron chi connectivity index (χ4n) is 9.36. The van der Waals surface area contributed by atoms with Crippen LogP contribution in [0.1, 0.15) is 59.1 Å². The summed E-state index contributed by atoms with van der Waals surface area (Å²) in [7, 11) is -10.1. The lowest BCUT2D eigenvalue weighted by molar-refractivity contribution is -0.251. The monoisotopic (exact) mass is 767 g/mol. The van der Waals surface area contributed by atoms with Crippen LogP contribution >= 0.6 is 0 Å². The Morgan fingerprint density at radius 1 is 0.849 bits per heavy atom. The molecular formula is C37H41N3O11S2. The molecule has 6 aliphatic heterocycles. The number of benzene rings is 3. The summed E-state index contributed by atoms with van der Waals surface area (Å²) in [4.78, 5) is 1.02. The largest absolute Gasteiger partial charge is 0.744 e. The molecule has 1 saturated heterocycles. The average molecular weight is 768 g/mol. The van der Waals surface area contributed by atoms with Gasteiger partial charge >= 0.3 is 0 Å². The average Bonchev–Trinajstić information content (AvgIpc) is 3.14. The Kier molecular flexibility index (Phi) is 8.53. The maximum Gasteiger partial charge on any atom is 0.241 e. The van der Waals surface area contributed by atoms with Gasteiger partial charge in [0.25, 0.3) is 0 Å². The number of anilines is 1. The van der Waals surface area contributed by atoms with Crippen LogP contribution in [0.5, 0.6) is 11.5 Å². The van der Waals surface area contributed by atoms with Crippen molar-refractivity contribution in [2.75, 3.05) is 37.7 Å². The number of aryl methyl sites for hydroxylation is 2. The highest BCUT2D eigenvalue weighted by atomic mass is 32.2. The predicted octanol–water partition coefficient (Wildman–Crippen LogP) is -0.896. The molecule has 3 aromatic rings. The predicted molar refractivity (Wildman–Crippen MR) is 189 cm³/mol. The minimum Gasteiger partial charge on any atom is -0.744 e. The third-order valence-corrected chi connectivity index (χ3v) is 14.0. The van der Waals surface area contributed by atoms with Gasteiger partial charge in [-0.15, -0.1) is 0 Å². The second kappa shape index (κ2) is 12.8. The quantitative estimate of drug-likeness (QED) is 0.120. The third-order valence-electron chi connectivity index (χ3n) is 11.7. The van der Waals surface area contributed by atoms with Crippen LogP contribution < -0.4 is 29.5 Å². The highest BCUT2D eigenvalue weighted by molar-refractivity contribution is 7.89. The zero-order valence-corrected chi connectivity index (χ0v) is 30.5. The van der Waals surface area contributed by atoms with Gasteiger partial charge in [0.2, 0.25) is 15.4 Å². The Labute approximate surface area is 306 Å². The summed E-state index contributed by atoms with van der Waals surface area (Å²) in [5, 5.41) is 42.6. The Balaban J connectivity index is 1.27.